The number of carboxylic acid groups (broad SMARTS) is 1. The van der Waals surface area contributed by atoms with Crippen molar-refractivity contribution in [2.45, 2.75) is 17.6 Å². The Morgan fingerprint density at radius 1 is 1.47 bits per heavy atom. The summed E-state index contributed by atoms with van der Waals surface area (Å²) >= 11 is 0.680. The molecule has 0 saturated carbocycles. The minimum atomic E-state index is -4.05. The van der Waals surface area contributed by atoms with Gasteiger partial charge in [0.25, 0.3) is 10.0 Å². The molecule has 0 aliphatic heterocycles. The topological polar surface area (TPSA) is 125 Å². The molecule has 0 aromatic carbocycles. The summed E-state index contributed by atoms with van der Waals surface area (Å²) < 4.78 is 25.2. The van der Waals surface area contributed by atoms with Gasteiger partial charge in [0.1, 0.15) is 0 Å². The summed E-state index contributed by atoms with van der Waals surface area (Å²) in [6.45, 7) is 1.86. The van der Waals surface area contributed by atoms with Crippen molar-refractivity contribution in [3.63, 3.8) is 0 Å². The first kappa shape index (κ1) is 15.5. The van der Waals surface area contributed by atoms with E-state index < -0.39 is 38.3 Å². The van der Waals surface area contributed by atoms with E-state index in [-0.39, 0.29) is 0 Å². The van der Waals surface area contributed by atoms with Gasteiger partial charge in [0.15, 0.2) is 9.90 Å². The van der Waals surface area contributed by atoms with Crippen molar-refractivity contribution < 1.29 is 23.1 Å². The van der Waals surface area contributed by atoms with Gasteiger partial charge >= 0.3 is 5.97 Å². The molecule has 1 amide bonds. The van der Waals surface area contributed by atoms with Crippen LogP contribution in [0.25, 0.3) is 0 Å². The Morgan fingerprint density at radius 3 is 2.74 bits per heavy atom. The molecule has 0 aliphatic carbocycles. The zero-order valence-corrected chi connectivity index (χ0v) is 11.7. The number of hydrogen-bond donors (Lipinski definition) is 3. The molecule has 0 unspecified atom stereocenters. The third-order valence-electron chi connectivity index (χ3n) is 1.98. The van der Waals surface area contributed by atoms with Gasteiger partial charge < -0.3 is 10.4 Å². The fraction of sp³-hybridized carbons (Fsp3) is 0.444. The monoisotopic (exact) mass is 307 g/mol. The number of rotatable bonds is 7. The van der Waals surface area contributed by atoms with Crippen molar-refractivity contribution >= 4 is 33.2 Å². The van der Waals surface area contributed by atoms with Crippen LogP contribution in [0.3, 0.4) is 0 Å². The quantitative estimate of drug-likeness (QED) is 0.632. The molecule has 3 N–H and O–H groups in total. The van der Waals surface area contributed by atoms with Crippen LogP contribution in [0.15, 0.2) is 9.72 Å². The van der Waals surface area contributed by atoms with E-state index in [1.165, 1.54) is 0 Å². The number of carbonyl (C=O) groups is 2. The van der Waals surface area contributed by atoms with Crippen molar-refractivity contribution in [1.29, 1.82) is 0 Å². The lowest BCUT2D eigenvalue weighted by Crippen LogP contribution is -2.37. The third-order valence-corrected chi connectivity index (χ3v) is 4.75. The van der Waals surface area contributed by atoms with Crippen molar-refractivity contribution in [3.05, 3.63) is 11.2 Å². The number of aromatic carboxylic acids is 1. The van der Waals surface area contributed by atoms with Gasteiger partial charge in [-0.25, -0.2) is 22.9 Å². The lowest BCUT2D eigenvalue weighted by Gasteiger charge is -2.06. The number of thiazole rings is 1. The lowest BCUT2D eigenvalue weighted by molar-refractivity contribution is -0.119. The predicted octanol–water partition coefficient (Wildman–Crippen LogP) is -0.354. The number of carboxylic acids is 1. The van der Waals surface area contributed by atoms with Crippen LogP contribution in [0.1, 0.15) is 23.8 Å². The molecule has 0 aliphatic rings. The highest BCUT2D eigenvalue weighted by Crippen LogP contribution is 2.19. The Labute approximate surface area is 113 Å². The van der Waals surface area contributed by atoms with Gasteiger partial charge in [-0.1, -0.05) is 6.92 Å². The molecular weight excluding hydrogens is 294 g/mol. The molecule has 1 heterocycles. The van der Waals surface area contributed by atoms with Gasteiger partial charge in [-0.3, -0.25) is 4.79 Å². The zero-order chi connectivity index (χ0) is 14.5. The van der Waals surface area contributed by atoms with Crippen LogP contribution < -0.4 is 10.0 Å². The van der Waals surface area contributed by atoms with E-state index in [0.717, 1.165) is 11.9 Å². The second-order valence-electron chi connectivity index (χ2n) is 3.47. The molecule has 0 spiro atoms. The Balaban J connectivity index is 2.74. The van der Waals surface area contributed by atoms with Crippen molar-refractivity contribution in [1.82, 2.24) is 15.0 Å². The average molecular weight is 307 g/mol. The van der Waals surface area contributed by atoms with Gasteiger partial charge in [0, 0.05) is 6.54 Å². The Bertz CT molecular complexity index is 566. The molecule has 19 heavy (non-hydrogen) atoms. The number of amides is 1. The van der Waals surface area contributed by atoms with Crippen LogP contribution in [0.4, 0.5) is 0 Å². The molecule has 1 rings (SSSR count). The highest BCUT2D eigenvalue weighted by Gasteiger charge is 2.25. The van der Waals surface area contributed by atoms with E-state index in [4.69, 9.17) is 5.11 Å². The molecule has 0 bridgehead atoms. The maximum atomic E-state index is 11.8. The second-order valence-corrected chi connectivity index (χ2v) is 6.29. The molecule has 1 aromatic rings. The van der Waals surface area contributed by atoms with Gasteiger partial charge in [0.2, 0.25) is 5.91 Å². The highest BCUT2D eigenvalue weighted by atomic mass is 32.2. The van der Waals surface area contributed by atoms with Gasteiger partial charge in [0.05, 0.1) is 12.1 Å². The SMILES string of the molecule is CCCNC(=O)CNS(=O)(=O)c1scnc1C(=O)O. The number of hydrogen-bond acceptors (Lipinski definition) is 6. The minimum absolute atomic E-state index is 0.414. The third kappa shape index (κ3) is 4.26. The standard InChI is InChI=1S/C9H13N3O5S2/c1-2-3-10-6(13)4-12-19(16,17)9-7(8(14)15)11-5-18-9/h5,12H,2-4H2,1H3,(H,10,13)(H,14,15). The first-order chi connectivity index (χ1) is 8.88. The first-order valence-corrected chi connectivity index (χ1v) is 7.68. The Morgan fingerprint density at radius 2 is 2.16 bits per heavy atom. The molecule has 0 fully saturated rings. The zero-order valence-electron chi connectivity index (χ0n) is 10.0. The fourth-order valence-corrected chi connectivity index (χ4v) is 3.29. The van der Waals surface area contributed by atoms with Gasteiger partial charge in [-0.05, 0) is 6.42 Å². The lowest BCUT2D eigenvalue weighted by atomic mass is 10.5. The second kappa shape index (κ2) is 6.59. The predicted molar refractivity (Wildman–Crippen MR) is 67.6 cm³/mol. The van der Waals surface area contributed by atoms with Gasteiger partial charge in [-0.2, -0.15) is 0 Å². The minimum Gasteiger partial charge on any atom is -0.476 e. The summed E-state index contributed by atoms with van der Waals surface area (Å²) in [5.74, 6) is -1.91. The smallest absolute Gasteiger partial charge is 0.356 e. The maximum absolute atomic E-state index is 11.8. The molecule has 0 saturated heterocycles. The van der Waals surface area contributed by atoms with Crippen molar-refractivity contribution in [2.24, 2.45) is 0 Å². The first-order valence-electron chi connectivity index (χ1n) is 5.31. The molecule has 106 valence electrons. The average Bonchev–Trinajstić information content (AvgIpc) is 2.84. The molecule has 1 aromatic heterocycles. The summed E-state index contributed by atoms with van der Waals surface area (Å²) in [6, 6.07) is 0. The molecule has 8 nitrogen and oxygen atoms in total. The van der Waals surface area contributed by atoms with Crippen LogP contribution in [-0.2, 0) is 14.8 Å². The maximum Gasteiger partial charge on any atom is 0.356 e. The Kier molecular flexibility index (Phi) is 5.39. The summed E-state index contributed by atoms with van der Waals surface area (Å²) in [5.41, 5.74) is 0.571. The number of carbonyl (C=O) groups excluding carboxylic acids is 1. The number of aromatic nitrogens is 1. The highest BCUT2D eigenvalue weighted by molar-refractivity contribution is 7.91. The summed E-state index contributed by atoms with van der Waals surface area (Å²) in [7, 11) is -4.05. The van der Waals surface area contributed by atoms with E-state index in [1.807, 2.05) is 11.6 Å². The molecule has 10 heteroatoms. The molecule has 0 atom stereocenters. The van der Waals surface area contributed by atoms with Crippen molar-refractivity contribution in [3.8, 4) is 0 Å². The normalized spacial score (nSPS) is 11.2. The van der Waals surface area contributed by atoms with Crippen molar-refractivity contribution in [2.75, 3.05) is 13.1 Å². The summed E-state index contributed by atoms with van der Waals surface area (Å²) in [4.78, 5) is 25.5. The van der Waals surface area contributed by atoms with Crippen LogP contribution in [0, 0.1) is 0 Å². The van der Waals surface area contributed by atoms with E-state index in [1.54, 1.807) is 0 Å². The van der Waals surface area contributed by atoms with Crippen LogP contribution in [0.5, 0.6) is 0 Å². The summed E-state index contributed by atoms with van der Waals surface area (Å²) in [5, 5.41) is 11.3. The summed E-state index contributed by atoms with van der Waals surface area (Å²) in [6.07, 6.45) is 0.733. The Hall–Kier alpha value is -1.52. The van der Waals surface area contributed by atoms with Crippen LogP contribution in [0.2, 0.25) is 0 Å². The number of nitrogens with one attached hydrogen (secondary N) is 2. The van der Waals surface area contributed by atoms with Crippen LogP contribution >= 0.6 is 11.3 Å². The van der Waals surface area contributed by atoms with E-state index in [9.17, 15) is 18.0 Å². The largest absolute Gasteiger partial charge is 0.476 e. The van der Waals surface area contributed by atoms with Gasteiger partial charge in [-0.15, -0.1) is 11.3 Å². The number of nitrogens with zero attached hydrogens (tertiary/aromatic N) is 1. The van der Waals surface area contributed by atoms with E-state index in [2.05, 4.69) is 10.3 Å². The molecular formula is C9H13N3O5S2. The number of sulfonamides is 1. The molecule has 0 radical (unpaired) electrons. The van der Waals surface area contributed by atoms with Crippen LogP contribution in [-0.4, -0.2) is 43.5 Å². The van der Waals surface area contributed by atoms with E-state index in [0.29, 0.717) is 17.9 Å². The fourth-order valence-electron chi connectivity index (χ4n) is 1.12. The van der Waals surface area contributed by atoms with E-state index >= 15 is 0 Å².